The van der Waals surface area contributed by atoms with Crippen molar-refractivity contribution in [2.75, 3.05) is 19.6 Å². The van der Waals surface area contributed by atoms with Crippen LogP contribution in [0.25, 0.3) is 0 Å². The molecule has 2 atom stereocenters. The van der Waals surface area contributed by atoms with E-state index in [1.165, 1.54) is 5.56 Å². The molecule has 2 fully saturated rings. The molecule has 1 aromatic rings. The lowest BCUT2D eigenvalue weighted by atomic mass is 9.78. The van der Waals surface area contributed by atoms with Gasteiger partial charge < -0.3 is 10.4 Å². The van der Waals surface area contributed by atoms with E-state index >= 15 is 0 Å². The topological polar surface area (TPSA) is 52.6 Å². The minimum Gasteiger partial charge on any atom is -0.481 e. The van der Waals surface area contributed by atoms with Gasteiger partial charge in [-0.3, -0.25) is 9.69 Å². The number of hydrogen-bond donors (Lipinski definition) is 2. The molecule has 3 rings (SSSR count). The molecule has 18 heavy (non-hydrogen) atoms. The molecule has 0 bridgehead atoms. The molecule has 2 aliphatic heterocycles. The summed E-state index contributed by atoms with van der Waals surface area (Å²) in [6, 6.07) is 10.2. The van der Waals surface area contributed by atoms with Gasteiger partial charge in [-0.15, -0.1) is 0 Å². The Morgan fingerprint density at radius 2 is 2.17 bits per heavy atom. The molecule has 0 aliphatic carbocycles. The normalized spacial score (nSPS) is 31.4. The van der Waals surface area contributed by atoms with Gasteiger partial charge in [0.1, 0.15) is 0 Å². The van der Waals surface area contributed by atoms with Crippen LogP contribution in [-0.4, -0.2) is 41.1 Å². The van der Waals surface area contributed by atoms with Crippen molar-refractivity contribution in [2.24, 2.45) is 5.92 Å². The Labute approximate surface area is 107 Å². The van der Waals surface area contributed by atoms with E-state index < -0.39 is 5.97 Å². The van der Waals surface area contributed by atoms with Crippen LogP contribution in [0.2, 0.25) is 0 Å². The molecule has 0 amide bonds. The fourth-order valence-electron chi connectivity index (χ4n) is 3.16. The van der Waals surface area contributed by atoms with Crippen molar-refractivity contribution in [1.82, 2.24) is 10.2 Å². The summed E-state index contributed by atoms with van der Waals surface area (Å²) in [7, 11) is 0. The minimum absolute atomic E-state index is 0.166. The number of likely N-dealkylation sites (tertiary alicyclic amines) is 1. The first-order valence-electron chi connectivity index (χ1n) is 6.44. The van der Waals surface area contributed by atoms with Gasteiger partial charge in [0.2, 0.25) is 0 Å². The molecule has 2 N–H and O–H groups in total. The summed E-state index contributed by atoms with van der Waals surface area (Å²) in [4.78, 5) is 13.6. The molecule has 0 saturated carbocycles. The molecule has 2 saturated heterocycles. The van der Waals surface area contributed by atoms with Crippen LogP contribution in [0, 0.1) is 5.92 Å². The first kappa shape index (κ1) is 11.7. The third kappa shape index (κ3) is 1.91. The smallest absolute Gasteiger partial charge is 0.309 e. The Bertz CT molecular complexity index is 442. The summed E-state index contributed by atoms with van der Waals surface area (Å²) >= 11 is 0. The highest BCUT2D eigenvalue weighted by atomic mass is 16.4. The summed E-state index contributed by atoms with van der Waals surface area (Å²) in [5.74, 6) is -0.937. The summed E-state index contributed by atoms with van der Waals surface area (Å²) in [6.45, 7) is 3.28. The fourth-order valence-corrected chi connectivity index (χ4v) is 3.16. The predicted octanol–water partition coefficient (Wildman–Crippen LogP) is 0.935. The van der Waals surface area contributed by atoms with Crippen molar-refractivity contribution in [3.05, 3.63) is 35.9 Å². The van der Waals surface area contributed by atoms with E-state index in [1.54, 1.807) is 0 Å². The Balaban J connectivity index is 1.71. The van der Waals surface area contributed by atoms with Crippen LogP contribution < -0.4 is 5.32 Å². The lowest BCUT2D eigenvalue weighted by molar-refractivity contribution is -0.144. The van der Waals surface area contributed by atoms with E-state index in [0.29, 0.717) is 6.54 Å². The van der Waals surface area contributed by atoms with Gasteiger partial charge in [-0.2, -0.15) is 0 Å². The van der Waals surface area contributed by atoms with Gasteiger partial charge in [0.25, 0.3) is 0 Å². The standard InChI is InChI=1S/C14H18N2O2/c17-13(18)12-9-16(10-14(12)6-7-15-14)8-11-4-2-1-3-5-11/h1-5,12,15H,6-10H2,(H,17,18)/t12-,14+/m0/s1. The SMILES string of the molecule is O=C(O)[C@@H]1CN(Cc2ccccc2)C[C@]12CCN2. The molecule has 2 heterocycles. The van der Waals surface area contributed by atoms with Gasteiger partial charge in [0, 0.05) is 25.2 Å². The Kier molecular flexibility index (Phi) is 2.84. The third-order valence-corrected chi connectivity index (χ3v) is 4.21. The molecular weight excluding hydrogens is 228 g/mol. The van der Waals surface area contributed by atoms with Crippen LogP contribution in [0.5, 0.6) is 0 Å². The number of nitrogens with one attached hydrogen (secondary N) is 1. The molecule has 4 heteroatoms. The minimum atomic E-state index is -0.669. The van der Waals surface area contributed by atoms with E-state index in [0.717, 1.165) is 26.1 Å². The van der Waals surface area contributed by atoms with E-state index in [2.05, 4.69) is 22.3 Å². The molecular formula is C14H18N2O2. The molecule has 4 nitrogen and oxygen atoms in total. The maximum Gasteiger partial charge on any atom is 0.309 e. The number of hydrogen-bond acceptors (Lipinski definition) is 3. The lowest BCUT2D eigenvalue weighted by Gasteiger charge is -2.42. The molecule has 0 unspecified atom stereocenters. The van der Waals surface area contributed by atoms with Crippen LogP contribution >= 0.6 is 0 Å². The predicted molar refractivity (Wildman–Crippen MR) is 68.2 cm³/mol. The first-order valence-corrected chi connectivity index (χ1v) is 6.44. The van der Waals surface area contributed by atoms with E-state index in [4.69, 9.17) is 0 Å². The summed E-state index contributed by atoms with van der Waals surface area (Å²) in [5.41, 5.74) is 1.08. The zero-order valence-corrected chi connectivity index (χ0v) is 10.3. The van der Waals surface area contributed by atoms with Crippen molar-refractivity contribution in [2.45, 2.75) is 18.5 Å². The largest absolute Gasteiger partial charge is 0.481 e. The molecule has 1 aromatic carbocycles. The second-order valence-electron chi connectivity index (χ2n) is 5.38. The number of rotatable bonds is 3. The van der Waals surface area contributed by atoms with Gasteiger partial charge in [-0.25, -0.2) is 0 Å². The highest BCUT2D eigenvalue weighted by Gasteiger charge is 2.53. The van der Waals surface area contributed by atoms with Gasteiger partial charge in [0.05, 0.1) is 5.92 Å². The van der Waals surface area contributed by atoms with Crippen molar-refractivity contribution in [3.8, 4) is 0 Å². The number of carboxylic acid groups (broad SMARTS) is 1. The quantitative estimate of drug-likeness (QED) is 0.833. The number of carbonyl (C=O) groups is 1. The Morgan fingerprint density at radius 1 is 1.44 bits per heavy atom. The van der Waals surface area contributed by atoms with Crippen LogP contribution in [0.15, 0.2) is 30.3 Å². The van der Waals surface area contributed by atoms with Crippen molar-refractivity contribution >= 4 is 5.97 Å². The highest BCUT2D eigenvalue weighted by Crippen LogP contribution is 2.36. The second-order valence-corrected chi connectivity index (χ2v) is 5.38. The Morgan fingerprint density at radius 3 is 2.67 bits per heavy atom. The second kappa shape index (κ2) is 4.37. The maximum atomic E-state index is 11.3. The van der Waals surface area contributed by atoms with Crippen LogP contribution in [0.1, 0.15) is 12.0 Å². The summed E-state index contributed by atoms with van der Waals surface area (Å²) < 4.78 is 0. The zero-order valence-electron chi connectivity index (χ0n) is 10.3. The lowest BCUT2D eigenvalue weighted by Crippen LogP contribution is -2.63. The van der Waals surface area contributed by atoms with Gasteiger partial charge in [0.15, 0.2) is 0 Å². The molecule has 0 radical (unpaired) electrons. The van der Waals surface area contributed by atoms with Gasteiger partial charge in [-0.05, 0) is 18.5 Å². The zero-order chi connectivity index (χ0) is 12.6. The number of benzene rings is 1. The average molecular weight is 246 g/mol. The molecule has 1 spiro atoms. The third-order valence-electron chi connectivity index (χ3n) is 4.21. The molecule has 0 aromatic heterocycles. The van der Waals surface area contributed by atoms with Gasteiger partial charge in [-0.1, -0.05) is 30.3 Å². The summed E-state index contributed by atoms with van der Waals surface area (Å²) in [6.07, 6.45) is 0.981. The number of aliphatic carboxylic acids is 1. The van der Waals surface area contributed by atoms with Crippen molar-refractivity contribution < 1.29 is 9.90 Å². The average Bonchev–Trinajstić information content (AvgIpc) is 2.70. The van der Waals surface area contributed by atoms with Crippen LogP contribution in [0.3, 0.4) is 0 Å². The maximum absolute atomic E-state index is 11.3. The Hall–Kier alpha value is -1.39. The van der Waals surface area contributed by atoms with E-state index in [1.807, 2.05) is 18.2 Å². The van der Waals surface area contributed by atoms with Crippen molar-refractivity contribution in [1.29, 1.82) is 0 Å². The highest BCUT2D eigenvalue weighted by molar-refractivity contribution is 5.73. The number of nitrogens with zero attached hydrogens (tertiary/aromatic N) is 1. The van der Waals surface area contributed by atoms with E-state index in [-0.39, 0.29) is 11.5 Å². The fraction of sp³-hybridized carbons (Fsp3) is 0.500. The summed E-state index contributed by atoms with van der Waals surface area (Å²) in [5, 5.41) is 12.7. The first-order chi connectivity index (χ1) is 8.70. The molecule has 2 aliphatic rings. The number of carboxylic acids is 1. The van der Waals surface area contributed by atoms with Crippen molar-refractivity contribution in [3.63, 3.8) is 0 Å². The monoisotopic (exact) mass is 246 g/mol. The van der Waals surface area contributed by atoms with E-state index in [9.17, 15) is 9.90 Å². The van der Waals surface area contributed by atoms with Gasteiger partial charge >= 0.3 is 5.97 Å². The van der Waals surface area contributed by atoms with Crippen LogP contribution in [0.4, 0.5) is 0 Å². The van der Waals surface area contributed by atoms with Crippen LogP contribution in [-0.2, 0) is 11.3 Å². The molecule has 96 valence electrons.